The van der Waals surface area contributed by atoms with E-state index >= 15 is 0 Å². The Morgan fingerprint density at radius 3 is 2.00 bits per heavy atom. The average Bonchev–Trinajstić information content (AvgIpc) is 2.68. The maximum Gasteiger partial charge on any atom is 0.159 e. The van der Waals surface area contributed by atoms with Gasteiger partial charge < -0.3 is 0 Å². The Labute approximate surface area is 165 Å². The molecule has 0 heterocycles. The summed E-state index contributed by atoms with van der Waals surface area (Å²) < 4.78 is 0. The summed E-state index contributed by atoms with van der Waals surface area (Å²) in [6.45, 7) is 18.3. The molecule has 0 fully saturated rings. The average molecular weight is 361 g/mol. The van der Waals surface area contributed by atoms with Crippen molar-refractivity contribution in [2.75, 3.05) is 0 Å². The highest BCUT2D eigenvalue weighted by Gasteiger charge is 2.06. The lowest BCUT2D eigenvalue weighted by molar-refractivity contribution is 0.101. The Kier molecular flexibility index (Phi) is 9.22. The Bertz CT molecular complexity index is 792. The van der Waals surface area contributed by atoms with Crippen LogP contribution in [0.4, 0.5) is 0 Å². The van der Waals surface area contributed by atoms with Gasteiger partial charge in [0, 0.05) is 5.56 Å². The quantitative estimate of drug-likeness (QED) is 0.386. The summed E-state index contributed by atoms with van der Waals surface area (Å²) in [6.07, 6.45) is 3.24. The lowest BCUT2D eigenvalue weighted by Crippen LogP contribution is -1.97. The number of carbonyl (C=O) groups is 1. The van der Waals surface area contributed by atoms with Crippen molar-refractivity contribution < 1.29 is 4.79 Å². The Morgan fingerprint density at radius 1 is 0.963 bits per heavy atom. The van der Waals surface area contributed by atoms with Crippen LogP contribution in [0.3, 0.4) is 0 Å². The van der Waals surface area contributed by atoms with Gasteiger partial charge in [0.15, 0.2) is 5.78 Å². The zero-order valence-electron chi connectivity index (χ0n) is 17.4. The summed E-state index contributed by atoms with van der Waals surface area (Å²) in [6, 6.07) is 17.9. The second-order valence-electron chi connectivity index (χ2n) is 6.98. The fourth-order valence-electron chi connectivity index (χ4n) is 2.49. The molecular weight excluding hydrogens is 328 g/mol. The predicted molar refractivity (Wildman–Crippen MR) is 119 cm³/mol. The van der Waals surface area contributed by atoms with E-state index in [1.807, 2.05) is 37.3 Å². The third-order valence-corrected chi connectivity index (χ3v) is 4.70. The number of benzene rings is 2. The van der Waals surface area contributed by atoms with Crippen LogP contribution in [0.1, 0.15) is 55.6 Å². The Hall–Kier alpha value is -2.67. The first kappa shape index (κ1) is 22.4. The van der Waals surface area contributed by atoms with Crippen LogP contribution in [-0.2, 0) is 0 Å². The van der Waals surface area contributed by atoms with Gasteiger partial charge in [0.2, 0.25) is 0 Å². The maximum absolute atomic E-state index is 10.8. The number of carbonyl (C=O) groups excluding carboxylic acids is 1. The molecule has 2 aromatic carbocycles. The molecule has 0 radical (unpaired) electrons. The molecule has 27 heavy (non-hydrogen) atoms. The number of hydrogen-bond acceptors (Lipinski definition) is 1. The van der Waals surface area contributed by atoms with Gasteiger partial charge in [-0.3, -0.25) is 4.79 Å². The van der Waals surface area contributed by atoms with Crippen molar-refractivity contribution in [2.24, 2.45) is 5.92 Å². The number of Topliss-reactive ketones (excluding diaryl/α,β-unsaturated/α-hetero) is 1. The van der Waals surface area contributed by atoms with Crippen molar-refractivity contribution in [1.82, 2.24) is 0 Å². The molecule has 1 unspecified atom stereocenters. The Morgan fingerprint density at radius 2 is 1.52 bits per heavy atom. The molecule has 1 heteroatoms. The molecule has 0 amide bonds. The smallest absolute Gasteiger partial charge is 0.159 e. The minimum Gasteiger partial charge on any atom is -0.295 e. The number of allylic oxidation sites excluding steroid dienone is 4. The van der Waals surface area contributed by atoms with E-state index in [1.165, 1.54) is 16.7 Å². The summed E-state index contributed by atoms with van der Waals surface area (Å²) in [7, 11) is 0. The second kappa shape index (κ2) is 11.1. The molecule has 0 saturated carbocycles. The molecule has 0 aliphatic heterocycles. The van der Waals surface area contributed by atoms with Crippen LogP contribution in [0.5, 0.6) is 0 Å². The van der Waals surface area contributed by atoms with Crippen LogP contribution in [0.25, 0.3) is 5.57 Å². The van der Waals surface area contributed by atoms with Crippen molar-refractivity contribution in [1.29, 1.82) is 0 Å². The lowest BCUT2D eigenvalue weighted by atomic mass is 9.92. The minimum absolute atomic E-state index is 0.125. The fraction of sp³-hybridized carbons (Fsp3) is 0.269. The maximum atomic E-state index is 10.8. The van der Waals surface area contributed by atoms with Gasteiger partial charge in [-0.15, -0.1) is 0 Å². The predicted octanol–water partition coefficient (Wildman–Crippen LogP) is 7.45. The van der Waals surface area contributed by atoms with E-state index in [2.05, 4.69) is 64.3 Å². The molecule has 1 nitrogen and oxygen atoms in total. The van der Waals surface area contributed by atoms with Gasteiger partial charge in [0.1, 0.15) is 0 Å². The molecule has 2 aromatic rings. The number of hydrogen-bond donors (Lipinski definition) is 0. The van der Waals surface area contributed by atoms with E-state index in [0.29, 0.717) is 5.92 Å². The molecule has 0 aromatic heterocycles. The zero-order chi connectivity index (χ0) is 20.4. The monoisotopic (exact) mass is 360 g/mol. The van der Waals surface area contributed by atoms with Crippen LogP contribution >= 0.6 is 0 Å². The van der Waals surface area contributed by atoms with Crippen LogP contribution in [0.15, 0.2) is 85.0 Å². The molecule has 0 aliphatic carbocycles. The molecule has 0 spiro atoms. The topological polar surface area (TPSA) is 17.1 Å². The van der Waals surface area contributed by atoms with Crippen molar-refractivity contribution in [3.8, 4) is 0 Å². The molecular formula is C26H32O. The van der Waals surface area contributed by atoms with Crippen LogP contribution < -0.4 is 0 Å². The molecule has 2 rings (SSSR count). The molecule has 0 N–H and O–H groups in total. The zero-order valence-corrected chi connectivity index (χ0v) is 17.4. The summed E-state index contributed by atoms with van der Waals surface area (Å²) in [5.74, 6) is 0.627. The van der Waals surface area contributed by atoms with Gasteiger partial charge in [-0.05, 0) is 55.4 Å². The van der Waals surface area contributed by atoms with E-state index in [9.17, 15) is 4.79 Å². The SMILES string of the molecule is C=C(/C=C(\C)c1ccccc1)C(=C)C(C)CC.CC(=O)c1ccc(C)cc1. The first-order valence-electron chi connectivity index (χ1n) is 9.45. The summed E-state index contributed by atoms with van der Waals surface area (Å²) in [5.41, 5.74) is 6.63. The van der Waals surface area contributed by atoms with Gasteiger partial charge >= 0.3 is 0 Å². The third kappa shape index (κ3) is 7.62. The van der Waals surface area contributed by atoms with Crippen molar-refractivity contribution in [3.63, 3.8) is 0 Å². The molecule has 142 valence electrons. The van der Waals surface area contributed by atoms with Crippen molar-refractivity contribution in [2.45, 2.75) is 41.0 Å². The van der Waals surface area contributed by atoms with Crippen LogP contribution in [0.2, 0.25) is 0 Å². The second-order valence-corrected chi connectivity index (χ2v) is 6.98. The molecule has 0 saturated heterocycles. The highest BCUT2D eigenvalue weighted by Crippen LogP contribution is 2.23. The van der Waals surface area contributed by atoms with Gasteiger partial charge in [-0.25, -0.2) is 0 Å². The fourth-order valence-corrected chi connectivity index (χ4v) is 2.49. The van der Waals surface area contributed by atoms with Gasteiger partial charge in [-0.1, -0.05) is 93.2 Å². The van der Waals surface area contributed by atoms with Gasteiger partial charge in [0.05, 0.1) is 0 Å². The number of rotatable bonds is 6. The molecule has 0 aliphatic rings. The summed E-state index contributed by atoms with van der Waals surface area (Å²) >= 11 is 0. The summed E-state index contributed by atoms with van der Waals surface area (Å²) in [5, 5.41) is 0. The largest absolute Gasteiger partial charge is 0.295 e. The minimum atomic E-state index is 0.125. The van der Waals surface area contributed by atoms with E-state index in [-0.39, 0.29) is 5.78 Å². The first-order chi connectivity index (χ1) is 12.8. The number of aryl methyl sites for hydroxylation is 1. The van der Waals surface area contributed by atoms with E-state index in [4.69, 9.17) is 0 Å². The molecule has 1 atom stereocenters. The van der Waals surface area contributed by atoms with Gasteiger partial charge in [0.25, 0.3) is 0 Å². The van der Waals surface area contributed by atoms with Crippen molar-refractivity contribution >= 4 is 11.4 Å². The third-order valence-electron chi connectivity index (χ3n) is 4.70. The van der Waals surface area contributed by atoms with E-state index in [1.54, 1.807) is 6.92 Å². The lowest BCUT2D eigenvalue weighted by Gasteiger charge is -2.13. The number of ketones is 1. The standard InChI is InChI=1S/C17H22.C9H10O/c1-6-13(2)16(5)14(3)12-15(4)17-10-8-7-9-11-17;1-7-3-5-9(6-4-7)8(2)10/h7-13H,3,5-6H2,1-2,4H3;3-6H,1-2H3/b15-12+;. The molecule has 0 bridgehead atoms. The van der Waals surface area contributed by atoms with E-state index in [0.717, 1.165) is 23.1 Å². The van der Waals surface area contributed by atoms with Crippen LogP contribution in [0, 0.1) is 12.8 Å². The summed E-state index contributed by atoms with van der Waals surface area (Å²) in [4.78, 5) is 10.8. The highest BCUT2D eigenvalue weighted by atomic mass is 16.1. The highest BCUT2D eigenvalue weighted by molar-refractivity contribution is 5.93. The normalized spacial score (nSPS) is 11.8. The van der Waals surface area contributed by atoms with Crippen molar-refractivity contribution in [3.05, 3.63) is 102 Å². The first-order valence-corrected chi connectivity index (χ1v) is 9.45. The van der Waals surface area contributed by atoms with Gasteiger partial charge in [-0.2, -0.15) is 0 Å². The van der Waals surface area contributed by atoms with Crippen LogP contribution in [-0.4, -0.2) is 5.78 Å². The van der Waals surface area contributed by atoms with E-state index < -0.39 is 0 Å². The Balaban J connectivity index is 0.000000309.